The lowest BCUT2D eigenvalue weighted by Crippen LogP contribution is -2.48. The largest absolute Gasteiger partial charge is 0.351 e. The second kappa shape index (κ2) is 9.99. The normalized spacial score (nSPS) is 16.0. The third-order valence-corrected chi connectivity index (χ3v) is 5.66. The number of amides is 1. The second-order valence-electron chi connectivity index (χ2n) is 7.46. The molecular formula is C21H30N4OS. The number of rotatable bonds is 8. The first-order valence-electron chi connectivity index (χ1n) is 9.55. The van der Waals surface area contributed by atoms with Gasteiger partial charge in [0, 0.05) is 50.7 Å². The zero-order valence-corrected chi connectivity index (χ0v) is 17.2. The second-order valence-corrected chi connectivity index (χ2v) is 8.49. The number of hydrogen-bond donors (Lipinski definition) is 1. The summed E-state index contributed by atoms with van der Waals surface area (Å²) in [5.41, 5.74) is 2.43. The van der Waals surface area contributed by atoms with Gasteiger partial charge in [-0.15, -0.1) is 11.3 Å². The first kappa shape index (κ1) is 20.0. The Kier molecular flexibility index (Phi) is 7.41. The average molecular weight is 387 g/mol. The van der Waals surface area contributed by atoms with Gasteiger partial charge in [0.15, 0.2) is 0 Å². The van der Waals surface area contributed by atoms with Gasteiger partial charge in [-0.3, -0.25) is 14.6 Å². The summed E-state index contributed by atoms with van der Waals surface area (Å²) in [6, 6.07) is 12.8. The van der Waals surface area contributed by atoms with Gasteiger partial charge < -0.3 is 10.2 Å². The summed E-state index contributed by atoms with van der Waals surface area (Å²) >= 11 is 1.81. The van der Waals surface area contributed by atoms with E-state index < -0.39 is 0 Å². The van der Waals surface area contributed by atoms with Gasteiger partial charge in [0.1, 0.15) is 0 Å². The highest BCUT2D eigenvalue weighted by Crippen LogP contribution is 2.13. The number of piperazine rings is 1. The molecule has 2 aromatic rings. The molecule has 1 N–H and O–H groups in total. The Balaban J connectivity index is 1.35. The number of thiophene rings is 1. The Morgan fingerprint density at radius 2 is 1.70 bits per heavy atom. The van der Waals surface area contributed by atoms with Crippen molar-refractivity contribution in [3.05, 3.63) is 57.8 Å². The quantitative estimate of drug-likeness (QED) is 0.755. The fourth-order valence-corrected chi connectivity index (χ4v) is 4.06. The van der Waals surface area contributed by atoms with E-state index in [2.05, 4.69) is 75.9 Å². The van der Waals surface area contributed by atoms with Gasteiger partial charge in [0.2, 0.25) is 5.91 Å². The van der Waals surface area contributed by atoms with Gasteiger partial charge in [-0.25, -0.2) is 0 Å². The maximum absolute atomic E-state index is 12.3. The predicted molar refractivity (Wildman–Crippen MR) is 112 cm³/mol. The van der Waals surface area contributed by atoms with Crippen molar-refractivity contribution < 1.29 is 4.79 Å². The van der Waals surface area contributed by atoms with Gasteiger partial charge >= 0.3 is 0 Å². The summed E-state index contributed by atoms with van der Waals surface area (Å²) in [4.78, 5) is 20.5. The zero-order valence-electron chi connectivity index (χ0n) is 16.4. The lowest BCUT2D eigenvalue weighted by Gasteiger charge is -2.34. The van der Waals surface area contributed by atoms with Crippen molar-refractivity contribution in [1.82, 2.24) is 20.0 Å². The molecule has 3 rings (SSSR count). The number of benzene rings is 1. The zero-order chi connectivity index (χ0) is 19.1. The fraction of sp³-hybridized carbons (Fsp3) is 0.476. The van der Waals surface area contributed by atoms with Gasteiger partial charge in [0.25, 0.3) is 0 Å². The van der Waals surface area contributed by atoms with Crippen LogP contribution in [0.4, 0.5) is 0 Å². The Hall–Kier alpha value is -1.73. The van der Waals surface area contributed by atoms with E-state index in [1.807, 2.05) is 11.3 Å². The minimum absolute atomic E-state index is 0.110. The molecule has 0 atom stereocenters. The summed E-state index contributed by atoms with van der Waals surface area (Å²) in [7, 11) is 4.13. The van der Waals surface area contributed by atoms with E-state index in [4.69, 9.17) is 0 Å². The molecule has 1 amide bonds. The molecule has 1 aromatic carbocycles. The van der Waals surface area contributed by atoms with Crippen LogP contribution in [0.1, 0.15) is 16.0 Å². The van der Waals surface area contributed by atoms with Crippen LogP contribution in [0.15, 0.2) is 41.8 Å². The molecule has 5 nitrogen and oxygen atoms in total. The van der Waals surface area contributed by atoms with Gasteiger partial charge in [-0.05, 0) is 36.7 Å². The van der Waals surface area contributed by atoms with Crippen LogP contribution in [0, 0.1) is 0 Å². The highest BCUT2D eigenvalue weighted by atomic mass is 32.1. The number of nitrogens with one attached hydrogen (secondary N) is 1. The Labute approximate surface area is 166 Å². The van der Waals surface area contributed by atoms with Crippen LogP contribution < -0.4 is 5.32 Å². The molecule has 1 saturated heterocycles. The van der Waals surface area contributed by atoms with E-state index in [9.17, 15) is 4.79 Å². The molecule has 0 radical (unpaired) electrons. The van der Waals surface area contributed by atoms with Crippen molar-refractivity contribution in [2.75, 3.05) is 46.8 Å². The molecule has 1 aliphatic rings. The number of hydrogen-bond acceptors (Lipinski definition) is 5. The number of carbonyl (C=O) groups excluding carboxylic acids is 1. The van der Waals surface area contributed by atoms with Crippen molar-refractivity contribution in [2.45, 2.75) is 19.6 Å². The van der Waals surface area contributed by atoms with Crippen molar-refractivity contribution in [2.24, 2.45) is 0 Å². The molecule has 1 fully saturated rings. The molecule has 0 bridgehead atoms. The van der Waals surface area contributed by atoms with Crippen LogP contribution >= 0.6 is 11.3 Å². The van der Waals surface area contributed by atoms with E-state index >= 15 is 0 Å². The molecule has 1 aliphatic heterocycles. The Morgan fingerprint density at radius 3 is 2.33 bits per heavy atom. The van der Waals surface area contributed by atoms with Crippen LogP contribution in [0.2, 0.25) is 0 Å². The molecule has 0 aliphatic carbocycles. The molecule has 0 unspecified atom stereocenters. The highest BCUT2D eigenvalue weighted by Gasteiger charge is 2.19. The third-order valence-electron chi connectivity index (χ3n) is 4.80. The van der Waals surface area contributed by atoms with Crippen molar-refractivity contribution in [1.29, 1.82) is 0 Å². The van der Waals surface area contributed by atoms with Crippen molar-refractivity contribution in [3.63, 3.8) is 0 Å². The van der Waals surface area contributed by atoms with Crippen molar-refractivity contribution in [3.8, 4) is 0 Å². The minimum atomic E-state index is 0.110. The Morgan fingerprint density at radius 1 is 1.04 bits per heavy atom. The highest BCUT2D eigenvalue weighted by molar-refractivity contribution is 7.09. The maximum atomic E-state index is 12.3. The van der Waals surface area contributed by atoms with E-state index in [0.717, 1.165) is 44.8 Å². The molecular weight excluding hydrogens is 356 g/mol. The monoisotopic (exact) mass is 386 g/mol. The van der Waals surface area contributed by atoms with E-state index in [0.29, 0.717) is 13.1 Å². The van der Waals surface area contributed by atoms with Crippen molar-refractivity contribution >= 4 is 17.2 Å². The van der Waals surface area contributed by atoms with Crippen LogP contribution in [0.3, 0.4) is 0 Å². The predicted octanol–water partition coefficient (Wildman–Crippen LogP) is 2.24. The fourth-order valence-electron chi connectivity index (χ4n) is 3.32. The molecule has 2 heterocycles. The van der Waals surface area contributed by atoms with Crippen LogP contribution in [-0.4, -0.2) is 67.4 Å². The summed E-state index contributed by atoms with van der Waals surface area (Å²) in [6.45, 7) is 7.02. The molecule has 27 heavy (non-hydrogen) atoms. The first-order chi connectivity index (χ1) is 13.1. The van der Waals surface area contributed by atoms with Crippen LogP contribution in [-0.2, 0) is 24.4 Å². The SMILES string of the molecule is CN(C)Cc1ccc(CNC(=O)CN2CCN(Cc3cccs3)CC2)cc1. The Bertz CT molecular complexity index is 691. The lowest BCUT2D eigenvalue weighted by molar-refractivity contribution is -0.122. The van der Waals surface area contributed by atoms with Crippen LogP contribution in [0.25, 0.3) is 0 Å². The smallest absolute Gasteiger partial charge is 0.234 e. The summed E-state index contributed by atoms with van der Waals surface area (Å²) in [6.07, 6.45) is 0. The standard InChI is InChI=1S/C21H30N4OS/c1-23(2)15-19-7-5-18(6-8-19)14-22-21(26)17-25-11-9-24(10-12-25)16-20-4-3-13-27-20/h3-8,13H,9-12,14-17H2,1-2H3,(H,22,26). The van der Waals surface area contributed by atoms with Gasteiger partial charge in [-0.2, -0.15) is 0 Å². The maximum Gasteiger partial charge on any atom is 0.234 e. The summed E-state index contributed by atoms with van der Waals surface area (Å²) in [5, 5.41) is 5.18. The minimum Gasteiger partial charge on any atom is -0.351 e. The lowest BCUT2D eigenvalue weighted by atomic mass is 10.1. The molecule has 0 spiro atoms. The summed E-state index contributed by atoms with van der Waals surface area (Å²) in [5.74, 6) is 0.110. The molecule has 0 saturated carbocycles. The third kappa shape index (κ3) is 6.74. The molecule has 146 valence electrons. The number of nitrogens with zero attached hydrogens (tertiary/aromatic N) is 3. The van der Waals surface area contributed by atoms with E-state index in [-0.39, 0.29) is 5.91 Å². The first-order valence-corrected chi connectivity index (χ1v) is 10.4. The van der Waals surface area contributed by atoms with E-state index in [1.165, 1.54) is 10.4 Å². The average Bonchev–Trinajstić information content (AvgIpc) is 3.15. The van der Waals surface area contributed by atoms with Gasteiger partial charge in [0.05, 0.1) is 6.54 Å². The van der Waals surface area contributed by atoms with E-state index in [1.54, 1.807) is 0 Å². The molecule has 1 aromatic heterocycles. The summed E-state index contributed by atoms with van der Waals surface area (Å²) < 4.78 is 0. The number of carbonyl (C=O) groups is 1. The van der Waals surface area contributed by atoms with Gasteiger partial charge in [-0.1, -0.05) is 30.3 Å². The topological polar surface area (TPSA) is 38.8 Å². The van der Waals surface area contributed by atoms with Crippen LogP contribution in [0.5, 0.6) is 0 Å². The molecule has 6 heteroatoms.